The predicted octanol–water partition coefficient (Wildman–Crippen LogP) is 4.19. The molecule has 0 unspecified atom stereocenters. The number of esters is 1. The first-order valence-electron chi connectivity index (χ1n) is 8.35. The van der Waals surface area contributed by atoms with Crippen LogP contribution in [0.15, 0.2) is 53.1 Å². The second-order valence-electron chi connectivity index (χ2n) is 6.14. The second-order valence-corrected chi connectivity index (χ2v) is 6.14. The van der Waals surface area contributed by atoms with E-state index >= 15 is 0 Å². The Bertz CT molecular complexity index is 868. The first kappa shape index (κ1) is 17.7. The van der Waals surface area contributed by atoms with E-state index in [1.54, 1.807) is 24.3 Å². The number of hydrogen-bond acceptors (Lipinski definition) is 6. The van der Waals surface area contributed by atoms with Gasteiger partial charge in [0.25, 0.3) is 5.89 Å². The molecule has 0 amide bonds. The average Bonchev–Trinajstić information content (AvgIpc) is 3.09. The van der Waals surface area contributed by atoms with Gasteiger partial charge in [0.15, 0.2) is 6.61 Å². The lowest BCUT2D eigenvalue weighted by atomic mass is 10.1. The Balaban J connectivity index is 1.59. The number of benzene rings is 2. The molecule has 26 heavy (non-hydrogen) atoms. The lowest BCUT2D eigenvalue weighted by Crippen LogP contribution is -2.11. The highest BCUT2D eigenvalue weighted by Crippen LogP contribution is 2.18. The van der Waals surface area contributed by atoms with E-state index in [1.165, 1.54) is 5.56 Å². The fraction of sp³-hybridized carbons (Fsp3) is 0.250. The van der Waals surface area contributed by atoms with Crippen LogP contribution >= 0.6 is 0 Å². The van der Waals surface area contributed by atoms with E-state index in [2.05, 4.69) is 10.1 Å². The van der Waals surface area contributed by atoms with Gasteiger partial charge in [-0.15, -0.1) is 0 Å². The summed E-state index contributed by atoms with van der Waals surface area (Å²) in [5.41, 5.74) is 2.53. The highest BCUT2D eigenvalue weighted by Gasteiger charge is 2.11. The van der Waals surface area contributed by atoms with Crippen molar-refractivity contribution < 1.29 is 18.8 Å². The molecule has 2 aromatic carbocycles. The third kappa shape index (κ3) is 4.47. The van der Waals surface area contributed by atoms with Crippen molar-refractivity contribution in [1.29, 1.82) is 0 Å². The molecule has 0 radical (unpaired) electrons. The van der Waals surface area contributed by atoms with E-state index in [-0.39, 0.29) is 18.7 Å². The number of aryl methyl sites for hydroxylation is 1. The smallest absolute Gasteiger partial charge is 0.338 e. The van der Waals surface area contributed by atoms with E-state index in [9.17, 15) is 4.79 Å². The highest BCUT2D eigenvalue weighted by atomic mass is 16.5. The number of carbonyl (C=O) groups is 1. The quantitative estimate of drug-likeness (QED) is 0.619. The summed E-state index contributed by atoms with van der Waals surface area (Å²) < 4.78 is 16.0. The molecule has 0 N–H and O–H groups in total. The molecule has 0 saturated carbocycles. The molecule has 1 aromatic heterocycles. The van der Waals surface area contributed by atoms with E-state index < -0.39 is 0 Å². The largest absolute Gasteiger partial charge is 0.484 e. The minimum Gasteiger partial charge on any atom is -0.484 e. The summed E-state index contributed by atoms with van der Waals surface area (Å²) >= 11 is 0. The molecule has 0 aliphatic rings. The van der Waals surface area contributed by atoms with Crippen LogP contribution in [0.25, 0.3) is 11.4 Å². The third-order valence-electron chi connectivity index (χ3n) is 3.57. The van der Waals surface area contributed by atoms with Gasteiger partial charge in [-0.1, -0.05) is 35.0 Å². The molecule has 6 nitrogen and oxygen atoms in total. The SMILES string of the molecule is Cc1ccc(-c2noc(COc3ccc(C(=O)OC(C)C)cc3)n2)cc1. The Morgan fingerprint density at radius 2 is 1.77 bits per heavy atom. The van der Waals surface area contributed by atoms with Crippen molar-refractivity contribution >= 4 is 5.97 Å². The zero-order valence-corrected chi connectivity index (χ0v) is 14.9. The van der Waals surface area contributed by atoms with Crippen LogP contribution in [0.2, 0.25) is 0 Å². The summed E-state index contributed by atoms with van der Waals surface area (Å²) in [5, 5.41) is 3.97. The molecule has 0 fully saturated rings. The highest BCUT2D eigenvalue weighted by molar-refractivity contribution is 5.89. The van der Waals surface area contributed by atoms with E-state index in [0.717, 1.165) is 5.56 Å². The third-order valence-corrected chi connectivity index (χ3v) is 3.57. The molecule has 0 atom stereocenters. The van der Waals surface area contributed by atoms with Gasteiger partial charge in [-0.25, -0.2) is 4.79 Å². The Labute approximate surface area is 151 Å². The lowest BCUT2D eigenvalue weighted by Gasteiger charge is -2.08. The van der Waals surface area contributed by atoms with Gasteiger partial charge in [0.1, 0.15) is 5.75 Å². The Kier molecular flexibility index (Phi) is 5.31. The molecular formula is C20H20N2O4. The normalized spacial score (nSPS) is 10.8. The van der Waals surface area contributed by atoms with Crippen molar-refractivity contribution in [2.75, 3.05) is 0 Å². The molecule has 0 aliphatic carbocycles. The molecule has 0 bridgehead atoms. The lowest BCUT2D eigenvalue weighted by molar-refractivity contribution is 0.0378. The topological polar surface area (TPSA) is 74.5 Å². The molecule has 3 aromatic rings. The number of carbonyl (C=O) groups excluding carboxylic acids is 1. The van der Waals surface area contributed by atoms with Crippen molar-refractivity contribution in [3.05, 3.63) is 65.5 Å². The van der Waals surface area contributed by atoms with Gasteiger partial charge in [-0.05, 0) is 45.0 Å². The number of aromatic nitrogens is 2. The number of nitrogens with zero attached hydrogens (tertiary/aromatic N) is 2. The Hall–Kier alpha value is -3.15. The van der Waals surface area contributed by atoms with Crippen LogP contribution in [-0.4, -0.2) is 22.2 Å². The number of ether oxygens (including phenoxy) is 2. The van der Waals surface area contributed by atoms with Crippen LogP contribution in [0.1, 0.15) is 35.7 Å². The summed E-state index contributed by atoms with van der Waals surface area (Å²) in [6.45, 7) is 5.79. The number of hydrogen-bond donors (Lipinski definition) is 0. The molecule has 0 aliphatic heterocycles. The van der Waals surface area contributed by atoms with E-state index in [0.29, 0.717) is 23.0 Å². The zero-order chi connectivity index (χ0) is 18.5. The standard InChI is InChI=1S/C20H20N2O4/c1-13(2)25-20(23)16-8-10-17(11-9-16)24-12-18-21-19(22-26-18)15-6-4-14(3)5-7-15/h4-11,13H,12H2,1-3H3. The van der Waals surface area contributed by atoms with Gasteiger partial charge in [0.05, 0.1) is 11.7 Å². The van der Waals surface area contributed by atoms with Gasteiger partial charge in [0.2, 0.25) is 5.82 Å². The fourth-order valence-electron chi connectivity index (χ4n) is 2.25. The summed E-state index contributed by atoms with van der Waals surface area (Å²) in [5.74, 6) is 1.15. The van der Waals surface area contributed by atoms with Crippen LogP contribution in [0.5, 0.6) is 5.75 Å². The summed E-state index contributed by atoms with van der Waals surface area (Å²) in [4.78, 5) is 16.1. The first-order chi connectivity index (χ1) is 12.5. The number of rotatable bonds is 6. The van der Waals surface area contributed by atoms with Gasteiger partial charge < -0.3 is 14.0 Å². The molecule has 1 heterocycles. The molecule has 134 valence electrons. The van der Waals surface area contributed by atoms with Crippen molar-refractivity contribution in [3.63, 3.8) is 0 Å². The maximum absolute atomic E-state index is 11.8. The molecular weight excluding hydrogens is 332 g/mol. The van der Waals surface area contributed by atoms with E-state index in [4.69, 9.17) is 14.0 Å². The van der Waals surface area contributed by atoms with Crippen LogP contribution in [-0.2, 0) is 11.3 Å². The fourth-order valence-corrected chi connectivity index (χ4v) is 2.25. The molecule has 0 saturated heterocycles. The minimum absolute atomic E-state index is 0.147. The van der Waals surface area contributed by atoms with Crippen LogP contribution < -0.4 is 4.74 Å². The first-order valence-corrected chi connectivity index (χ1v) is 8.35. The summed E-state index contributed by atoms with van der Waals surface area (Å²) in [7, 11) is 0. The molecule has 3 rings (SSSR count). The average molecular weight is 352 g/mol. The van der Waals surface area contributed by atoms with Crippen molar-refractivity contribution in [1.82, 2.24) is 10.1 Å². The van der Waals surface area contributed by atoms with E-state index in [1.807, 2.05) is 45.0 Å². The van der Waals surface area contributed by atoms with Gasteiger partial charge in [0, 0.05) is 5.56 Å². The van der Waals surface area contributed by atoms with Crippen molar-refractivity contribution in [2.45, 2.75) is 33.5 Å². The van der Waals surface area contributed by atoms with Gasteiger partial charge in [-0.3, -0.25) is 0 Å². The molecule has 6 heteroatoms. The van der Waals surface area contributed by atoms with Crippen LogP contribution in [0.4, 0.5) is 0 Å². The monoisotopic (exact) mass is 352 g/mol. The van der Waals surface area contributed by atoms with Crippen molar-refractivity contribution in [3.8, 4) is 17.1 Å². The predicted molar refractivity (Wildman–Crippen MR) is 95.8 cm³/mol. The van der Waals surface area contributed by atoms with Crippen LogP contribution in [0.3, 0.4) is 0 Å². The minimum atomic E-state index is -0.355. The van der Waals surface area contributed by atoms with Gasteiger partial charge in [-0.2, -0.15) is 4.98 Å². The maximum Gasteiger partial charge on any atom is 0.338 e. The second kappa shape index (κ2) is 7.82. The van der Waals surface area contributed by atoms with Crippen LogP contribution in [0, 0.1) is 6.92 Å². The van der Waals surface area contributed by atoms with Gasteiger partial charge >= 0.3 is 5.97 Å². The zero-order valence-electron chi connectivity index (χ0n) is 14.9. The van der Waals surface area contributed by atoms with Crippen molar-refractivity contribution in [2.24, 2.45) is 0 Å². The summed E-state index contributed by atoms with van der Waals surface area (Å²) in [6.07, 6.45) is -0.154. The summed E-state index contributed by atoms with van der Waals surface area (Å²) in [6, 6.07) is 14.6. The molecule has 0 spiro atoms. The Morgan fingerprint density at radius 3 is 2.42 bits per heavy atom. The maximum atomic E-state index is 11.8. The Morgan fingerprint density at radius 1 is 1.08 bits per heavy atom.